The molecule has 1 saturated heterocycles. The minimum Gasteiger partial charge on any atom is -0.393 e. The van der Waals surface area contributed by atoms with Crippen LogP contribution in [0, 0.1) is 0 Å². The molecule has 4 nitrogen and oxygen atoms in total. The van der Waals surface area contributed by atoms with Crippen LogP contribution in [-0.2, 0) is 11.2 Å². The Hall–Kier alpha value is -1.39. The van der Waals surface area contributed by atoms with E-state index in [-0.39, 0.29) is 18.1 Å². The van der Waals surface area contributed by atoms with Crippen molar-refractivity contribution in [2.45, 2.75) is 57.7 Å². The number of likely N-dealkylation sites (tertiary alicyclic amines) is 1. The van der Waals surface area contributed by atoms with Gasteiger partial charge in [-0.25, -0.2) is 0 Å². The van der Waals surface area contributed by atoms with Gasteiger partial charge in [-0.2, -0.15) is 0 Å². The summed E-state index contributed by atoms with van der Waals surface area (Å²) in [6, 6.07) is 8.41. The van der Waals surface area contributed by atoms with Crippen LogP contribution in [0.5, 0.6) is 0 Å². The molecule has 0 radical (unpaired) electrons. The van der Waals surface area contributed by atoms with E-state index in [0.29, 0.717) is 6.04 Å². The predicted molar refractivity (Wildman–Crippen MR) is 88.0 cm³/mol. The van der Waals surface area contributed by atoms with Crippen molar-refractivity contribution in [3.8, 4) is 0 Å². The second-order valence-corrected chi connectivity index (χ2v) is 6.66. The van der Waals surface area contributed by atoms with Crippen LogP contribution in [0.3, 0.4) is 0 Å². The van der Waals surface area contributed by atoms with Crippen molar-refractivity contribution in [2.24, 2.45) is 0 Å². The molecule has 1 N–H and O–H groups in total. The maximum absolute atomic E-state index is 12.9. The summed E-state index contributed by atoms with van der Waals surface area (Å²) in [5.41, 5.74) is 2.34. The number of anilines is 1. The molecule has 0 saturated carbocycles. The van der Waals surface area contributed by atoms with Gasteiger partial charge >= 0.3 is 0 Å². The van der Waals surface area contributed by atoms with Gasteiger partial charge in [0.2, 0.25) is 5.91 Å². The van der Waals surface area contributed by atoms with Crippen LogP contribution < -0.4 is 4.90 Å². The summed E-state index contributed by atoms with van der Waals surface area (Å²) in [5, 5.41) is 9.67. The third-order valence-electron chi connectivity index (χ3n) is 5.04. The quantitative estimate of drug-likeness (QED) is 0.927. The molecule has 3 unspecified atom stereocenters. The lowest BCUT2D eigenvalue weighted by atomic mass is 10.1. The molecule has 4 heteroatoms. The first-order valence-corrected chi connectivity index (χ1v) is 8.41. The fourth-order valence-electron chi connectivity index (χ4n) is 3.95. The van der Waals surface area contributed by atoms with Gasteiger partial charge in [-0.05, 0) is 57.7 Å². The summed E-state index contributed by atoms with van der Waals surface area (Å²) in [5.74, 6) is 0.197. The molecule has 1 aromatic rings. The summed E-state index contributed by atoms with van der Waals surface area (Å²) in [7, 11) is 0. The van der Waals surface area contributed by atoms with E-state index in [2.05, 4.69) is 11.0 Å². The summed E-state index contributed by atoms with van der Waals surface area (Å²) in [6.45, 7) is 5.60. The summed E-state index contributed by atoms with van der Waals surface area (Å²) in [6.07, 6.45) is 3.60. The Morgan fingerprint density at radius 2 is 2.09 bits per heavy atom. The Bertz CT molecular complexity index is 544. The Kier molecular flexibility index (Phi) is 4.50. The lowest BCUT2D eigenvalue weighted by molar-refractivity contribution is -0.123. The highest BCUT2D eigenvalue weighted by Crippen LogP contribution is 2.30. The van der Waals surface area contributed by atoms with E-state index in [1.165, 1.54) is 5.56 Å². The van der Waals surface area contributed by atoms with Crippen molar-refractivity contribution in [3.63, 3.8) is 0 Å². The van der Waals surface area contributed by atoms with Crippen molar-refractivity contribution in [1.82, 2.24) is 4.90 Å². The van der Waals surface area contributed by atoms with E-state index in [4.69, 9.17) is 0 Å². The van der Waals surface area contributed by atoms with Crippen LogP contribution in [-0.4, -0.2) is 47.2 Å². The third-order valence-corrected chi connectivity index (χ3v) is 5.04. The smallest absolute Gasteiger partial charge is 0.244 e. The molecular weight excluding hydrogens is 276 g/mol. The SMILES string of the molecule is CC(O)CC1CCCN1C(C)C(=O)N1CCc2ccccc21. The zero-order chi connectivity index (χ0) is 15.7. The Morgan fingerprint density at radius 3 is 2.86 bits per heavy atom. The second-order valence-electron chi connectivity index (χ2n) is 6.66. The zero-order valence-electron chi connectivity index (χ0n) is 13.5. The second kappa shape index (κ2) is 6.39. The molecule has 1 fully saturated rings. The van der Waals surface area contributed by atoms with Gasteiger partial charge < -0.3 is 10.0 Å². The van der Waals surface area contributed by atoms with Crippen molar-refractivity contribution >= 4 is 11.6 Å². The molecule has 0 aliphatic carbocycles. The highest BCUT2D eigenvalue weighted by molar-refractivity contribution is 5.98. The predicted octanol–water partition coefficient (Wildman–Crippen LogP) is 2.20. The largest absolute Gasteiger partial charge is 0.393 e. The molecule has 2 aliphatic heterocycles. The standard InChI is InChI=1S/C18H26N2O2/c1-13(21)12-16-7-5-10-19(16)14(2)18(22)20-11-9-15-6-3-4-8-17(15)20/h3-4,6,8,13-14,16,21H,5,7,9-12H2,1-2H3. The average Bonchev–Trinajstić information content (AvgIpc) is 3.11. The van der Waals surface area contributed by atoms with Gasteiger partial charge in [0.15, 0.2) is 0 Å². The first-order valence-electron chi connectivity index (χ1n) is 8.41. The molecule has 0 spiro atoms. The van der Waals surface area contributed by atoms with Gasteiger partial charge in [0, 0.05) is 18.3 Å². The highest BCUT2D eigenvalue weighted by atomic mass is 16.3. The number of carbonyl (C=O) groups is 1. The van der Waals surface area contributed by atoms with Crippen LogP contribution in [0.15, 0.2) is 24.3 Å². The van der Waals surface area contributed by atoms with Crippen molar-refractivity contribution in [1.29, 1.82) is 0 Å². The van der Waals surface area contributed by atoms with Crippen molar-refractivity contribution < 1.29 is 9.90 Å². The highest BCUT2D eigenvalue weighted by Gasteiger charge is 2.36. The van der Waals surface area contributed by atoms with Crippen molar-refractivity contribution in [3.05, 3.63) is 29.8 Å². The lowest BCUT2D eigenvalue weighted by Crippen LogP contribution is -2.49. The molecular formula is C18H26N2O2. The normalized spacial score (nSPS) is 24.3. The van der Waals surface area contributed by atoms with E-state index in [0.717, 1.165) is 44.5 Å². The molecule has 2 heterocycles. The number of rotatable bonds is 4. The fourth-order valence-corrected chi connectivity index (χ4v) is 3.95. The molecule has 1 aromatic carbocycles. The molecule has 1 amide bonds. The van der Waals surface area contributed by atoms with E-state index >= 15 is 0 Å². The fraction of sp³-hybridized carbons (Fsp3) is 0.611. The maximum atomic E-state index is 12.9. The number of aliphatic hydroxyl groups is 1. The van der Waals surface area contributed by atoms with Gasteiger partial charge in [-0.1, -0.05) is 18.2 Å². The number of fused-ring (bicyclic) bond motifs is 1. The molecule has 0 bridgehead atoms. The van der Waals surface area contributed by atoms with Gasteiger partial charge in [-0.15, -0.1) is 0 Å². The van der Waals surface area contributed by atoms with Gasteiger partial charge in [-0.3, -0.25) is 9.69 Å². The Morgan fingerprint density at radius 1 is 1.32 bits per heavy atom. The number of benzene rings is 1. The van der Waals surface area contributed by atoms with Crippen LogP contribution in [0.2, 0.25) is 0 Å². The third kappa shape index (κ3) is 2.90. The summed E-state index contributed by atoms with van der Waals surface area (Å²) in [4.78, 5) is 17.2. The molecule has 120 valence electrons. The maximum Gasteiger partial charge on any atom is 0.244 e. The number of hydrogen-bond donors (Lipinski definition) is 1. The van der Waals surface area contributed by atoms with E-state index in [1.807, 2.05) is 36.9 Å². The molecule has 0 aromatic heterocycles. The minimum absolute atomic E-state index is 0.114. The van der Waals surface area contributed by atoms with Crippen molar-refractivity contribution in [2.75, 3.05) is 18.0 Å². The van der Waals surface area contributed by atoms with Crippen LogP contribution in [0.1, 0.15) is 38.7 Å². The minimum atomic E-state index is -0.305. The average molecular weight is 302 g/mol. The van der Waals surface area contributed by atoms with E-state index in [1.54, 1.807) is 0 Å². The Labute approximate surface area is 132 Å². The summed E-state index contributed by atoms with van der Waals surface area (Å²) >= 11 is 0. The van der Waals surface area contributed by atoms with Crippen LogP contribution >= 0.6 is 0 Å². The number of nitrogens with zero attached hydrogens (tertiary/aromatic N) is 2. The first-order chi connectivity index (χ1) is 10.6. The van der Waals surface area contributed by atoms with E-state index in [9.17, 15) is 9.90 Å². The molecule has 22 heavy (non-hydrogen) atoms. The number of amides is 1. The van der Waals surface area contributed by atoms with Crippen LogP contribution in [0.4, 0.5) is 5.69 Å². The monoisotopic (exact) mass is 302 g/mol. The van der Waals surface area contributed by atoms with E-state index < -0.39 is 0 Å². The van der Waals surface area contributed by atoms with Gasteiger partial charge in [0.25, 0.3) is 0 Å². The summed E-state index contributed by atoms with van der Waals surface area (Å²) < 4.78 is 0. The molecule has 3 rings (SSSR count). The Balaban J connectivity index is 1.72. The lowest BCUT2D eigenvalue weighted by Gasteiger charge is -2.33. The zero-order valence-corrected chi connectivity index (χ0v) is 13.5. The number of aliphatic hydroxyl groups excluding tert-OH is 1. The molecule has 3 atom stereocenters. The van der Waals surface area contributed by atoms with Crippen LogP contribution in [0.25, 0.3) is 0 Å². The molecule has 2 aliphatic rings. The first kappa shape index (κ1) is 15.5. The number of carbonyl (C=O) groups excluding carboxylic acids is 1. The van der Waals surface area contributed by atoms with Gasteiger partial charge in [0.05, 0.1) is 12.1 Å². The van der Waals surface area contributed by atoms with Gasteiger partial charge in [0.1, 0.15) is 0 Å². The topological polar surface area (TPSA) is 43.8 Å². The number of para-hydroxylation sites is 1. The number of hydrogen-bond acceptors (Lipinski definition) is 3.